The number of hydrogen-bond acceptors (Lipinski definition) is 0. The van der Waals surface area contributed by atoms with Gasteiger partial charge in [-0.3, -0.25) is 0 Å². The Hall–Kier alpha value is -2.02. The van der Waals surface area contributed by atoms with E-state index < -0.39 is 6.15 Å². The van der Waals surface area contributed by atoms with Crippen LogP contribution >= 0.6 is 0 Å². The molecule has 4 aromatic carbocycles. The molecule has 0 aromatic heterocycles. The highest BCUT2D eigenvalue weighted by Crippen LogP contribution is 2.37. The van der Waals surface area contributed by atoms with E-state index in [-0.39, 0.29) is 0 Å². The lowest BCUT2D eigenvalue weighted by atomic mass is 9.16. The minimum absolute atomic E-state index is 0.509. The highest BCUT2D eigenvalue weighted by atomic mass is 14.1. The molecule has 0 fully saturated rings. The Kier molecular flexibility index (Phi) is 6.13. The Labute approximate surface area is 176 Å². The molecule has 0 bridgehead atoms. The van der Waals surface area contributed by atoms with Crippen molar-refractivity contribution in [1.82, 2.24) is 0 Å². The van der Waals surface area contributed by atoms with Crippen LogP contribution in [0.15, 0.2) is 54.6 Å². The van der Waals surface area contributed by atoms with Gasteiger partial charge in [0.05, 0.1) is 0 Å². The third kappa shape index (κ3) is 3.65. The van der Waals surface area contributed by atoms with Gasteiger partial charge in [0, 0.05) is 6.15 Å². The molecular formula is C28H36B-. The van der Waals surface area contributed by atoms with E-state index in [9.17, 15) is 0 Å². The van der Waals surface area contributed by atoms with Gasteiger partial charge in [-0.05, 0) is 26.9 Å². The van der Waals surface area contributed by atoms with Gasteiger partial charge in [-0.1, -0.05) is 119 Å². The van der Waals surface area contributed by atoms with Gasteiger partial charge in [-0.2, -0.15) is 19.0 Å². The maximum Gasteiger partial charge on any atom is 0.0286 e. The smallest absolute Gasteiger partial charge is 0.0286 e. The number of benzene rings is 4. The topological polar surface area (TPSA) is 0 Å². The first kappa shape index (κ1) is 20.3. The molecule has 4 aromatic rings. The predicted molar refractivity (Wildman–Crippen MR) is 135 cm³/mol. The second kappa shape index (κ2) is 8.78. The van der Waals surface area contributed by atoms with Crippen LogP contribution in [0.5, 0.6) is 0 Å². The second-order valence-electron chi connectivity index (χ2n) is 9.42. The summed E-state index contributed by atoms with van der Waals surface area (Å²) < 4.78 is 0. The number of unbranched alkanes of at least 4 members (excludes halogenated alkanes) is 3. The van der Waals surface area contributed by atoms with Crippen LogP contribution in [-0.2, 0) is 0 Å². The zero-order chi connectivity index (χ0) is 20.3. The molecule has 152 valence electrons. The molecule has 0 saturated carbocycles. The van der Waals surface area contributed by atoms with Crippen molar-refractivity contribution >= 4 is 43.9 Å². The van der Waals surface area contributed by atoms with Crippen LogP contribution in [0.3, 0.4) is 0 Å². The normalized spacial score (nSPS) is 12.5. The van der Waals surface area contributed by atoms with Crippen LogP contribution in [0.4, 0.5) is 0 Å². The largest absolute Gasteiger partial charge is 0.202 e. The standard InChI is InChI=1S/C28H36B/c1-4-7-19-29(20-8-5-2,21-9-6-3)26-18-16-24-14-13-22-11-10-12-23-15-17-25(26)28(24)27(22)23/h10-18H,4-9,19-21H2,1-3H3/q-1. The van der Waals surface area contributed by atoms with Crippen molar-refractivity contribution < 1.29 is 0 Å². The van der Waals surface area contributed by atoms with E-state index in [1.807, 2.05) is 0 Å². The fraction of sp³-hybridized carbons (Fsp3) is 0.429. The minimum Gasteiger partial charge on any atom is -0.202 e. The molecule has 0 nitrogen and oxygen atoms in total. The molecule has 0 aliphatic carbocycles. The maximum atomic E-state index is 2.52. The first-order chi connectivity index (χ1) is 14.2. The molecule has 0 unspecified atom stereocenters. The van der Waals surface area contributed by atoms with E-state index >= 15 is 0 Å². The molecule has 1 heteroatoms. The van der Waals surface area contributed by atoms with Gasteiger partial charge in [0.1, 0.15) is 0 Å². The van der Waals surface area contributed by atoms with Gasteiger partial charge in [0.15, 0.2) is 0 Å². The van der Waals surface area contributed by atoms with Crippen molar-refractivity contribution in [2.45, 2.75) is 78.3 Å². The quantitative estimate of drug-likeness (QED) is 0.190. The lowest BCUT2D eigenvalue weighted by Gasteiger charge is -2.42. The molecule has 0 heterocycles. The van der Waals surface area contributed by atoms with Crippen molar-refractivity contribution in [1.29, 1.82) is 0 Å². The molecule has 0 spiro atoms. The fourth-order valence-electron chi connectivity index (χ4n) is 5.98. The van der Waals surface area contributed by atoms with Crippen LogP contribution in [0, 0.1) is 0 Å². The molecular weight excluding hydrogens is 347 g/mol. The summed E-state index contributed by atoms with van der Waals surface area (Å²) in [6.45, 7) is 7.06. The summed E-state index contributed by atoms with van der Waals surface area (Å²) >= 11 is 0. The Bertz CT molecular complexity index is 1040. The van der Waals surface area contributed by atoms with Gasteiger partial charge in [0.25, 0.3) is 0 Å². The monoisotopic (exact) mass is 383 g/mol. The molecule has 4 rings (SSSR count). The van der Waals surface area contributed by atoms with Crippen molar-refractivity contribution in [2.75, 3.05) is 0 Å². The zero-order valence-corrected chi connectivity index (χ0v) is 18.6. The third-order valence-electron chi connectivity index (χ3n) is 7.55. The van der Waals surface area contributed by atoms with E-state index in [4.69, 9.17) is 0 Å². The number of rotatable bonds is 10. The highest BCUT2D eigenvalue weighted by Gasteiger charge is 2.27. The third-order valence-corrected chi connectivity index (χ3v) is 7.55. The summed E-state index contributed by atoms with van der Waals surface area (Å²) in [5, 5.41) is 8.68. The summed E-state index contributed by atoms with van der Waals surface area (Å²) in [4.78, 5) is 0. The Morgan fingerprint density at radius 2 is 1.03 bits per heavy atom. The first-order valence-corrected chi connectivity index (χ1v) is 12.1. The maximum absolute atomic E-state index is 2.52. The lowest BCUT2D eigenvalue weighted by molar-refractivity contribution is 0.801. The fourth-order valence-corrected chi connectivity index (χ4v) is 5.98. The summed E-state index contributed by atoms with van der Waals surface area (Å²) in [5.41, 5.74) is 1.69. The Morgan fingerprint density at radius 3 is 1.59 bits per heavy atom. The van der Waals surface area contributed by atoms with Gasteiger partial charge in [-0.25, -0.2) is 5.46 Å². The van der Waals surface area contributed by atoms with E-state index in [0.29, 0.717) is 0 Å². The molecule has 0 radical (unpaired) electrons. The summed E-state index contributed by atoms with van der Waals surface area (Å²) in [5.74, 6) is 0. The van der Waals surface area contributed by atoms with Gasteiger partial charge >= 0.3 is 0 Å². The SMILES string of the molecule is CCCC[B-](CCCC)(CCCC)c1ccc2ccc3cccc4ccc1c2c34. The zero-order valence-electron chi connectivity index (χ0n) is 18.6. The van der Waals surface area contributed by atoms with E-state index in [2.05, 4.69) is 75.4 Å². The van der Waals surface area contributed by atoms with Crippen LogP contribution in [0.2, 0.25) is 19.0 Å². The van der Waals surface area contributed by atoms with E-state index in [1.165, 1.54) is 89.8 Å². The molecule has 0 saturated heterocycles. The van der Waals surface area contributed by atoms with Crippen molar-refractivity contribution in [3.05, 3.63) is 54.6 Å². The Morgan fingerprint density at radius 1 is 0.552 bits per heavy atom. The summed E-state index contributed by atoms with van der Waals surface area (Å²) in [6.07, 6.45) is 11.6. The molecule has 0 aliphatic heterocycles. The van der Waals surface area contributed by atoms with E-state index in [1.54, 1.807) is 5.46 Å². The first-order valence-electron chi connectivity index (χ1n) is 12.1. The van der Waals surface area contributed by atoms with Gasteiger partial charge in [0.2, 0.25) is 0 Å². The number of hydrogen-bond donors (Lipinski definition) is 0. The minimum atomic E-state index is -0.509. The second-order valence-corrected chi connectivity index (χ2v) is 9.42. The summed E-state index contributed by atoms with van der Waals surface area (Å²) in [7, 11) is 0. The average molecular weight is 383 g/mol. The van der Waals surface area contributed by atoms with Crippen LogP contribution in [0.1, 0.15) is 59.3 Å². The van der Waals surface area contributed by atoms with Crippen molar-refractivity contribution in [2.24, 2.45) is 0 Å². The lowest BCUT2D eigenvalue weighted by Crippen LogP contribution is -2.48. The molecule has 0 N–H and O–H groups in total. The average Bonchev–Trinajstić information content (AvgIpc) is 2.77. The van der Waals surface area contributed by atoms with Gasteiger partial charge < -0.3 is 0 Å². The van der Waals surface area contributed by atoms with Crippen LogP contribution in [-0.4, -0.2) is 6.15 Å². The predicted octanol–water partition coefficient (Wildman–Crippen LogP) is 8.64. The molecule has 0 amide bonds. The molecule has 0 atom stereocenters. The van der Waals surface area contributed by atoms with Crippen molar-refractivity contribution in [3.8, 4) is 0 Å². The molecule has 0 aliphatic rings. The van der Waals surface area contributed by atoms with E-state index in [0.717, 1.165) is 0 Å². The van der Waals surface area contributed by atoms with Crippen molar-refractivity contribution in [3.63, 3.8) is 0 Å². The van der Waals surface area contributed by atoms with Crippen LogP contribution in [0.25, 0.3) is 32.3 Å². The molecule has 29 heavy (non-hydrogen) atoms. The van der Waals surface area contributed by atoms with Crippen LogP contribution < -0.4 is 5.46 Å². The summed E-state index contributed by atoms with van der Waals surface area (Å²) in [6, 6.07) is 21.1. The van der Waals surface area contributed by atoms with Gasteiger partial charge in [-0.15, -0.1) is 0 Å². The Balaban J connectivity index is 1.98. The highest BCUT2D eigenvalue weighted by molar-refractivity contribution is 6.93.